The first-order valence-corrected chi connectivity index (χ1v) is 6.64. The summed E-state index contributed by atoms with van der Waals surface area (Å²) in [6.07, 6.45) is 2.26. The van der Waals surface area contributed by atoms with Gasteiger partial charge in [-0.2, -0.15) is 0 Å². The number of hydrogen-bond donors (Lipinski definition) is 1. The van der Waals surface area contributed by atoms with E-state index < -0.39 is 26.6 Å². The molecule has 0 bridgehead atoms. The van der Waals surface area contributed by atoms with Crippen LogP contribution < -0.4 is 5.32 Å². The van der Waals surface area contributed by atoms with Gasteiger partial charge in [0.05, 0.1) is 6.07 Å². The minimum Gasteiger partial charge on any atom is -0.395 e. The molecule has 0 aliphatic heterocycles. The van der Waals surface area contributed by atoms with Crippen molar-refractivity contribution < 1.29 is 22.6 Å². The molecule has 0 aromatic carbocycles. The molecule has 1 N–H and O–H groups in total. The number of furan rings is 1. The first-order valence-electron chi connectivity index (χ1n) is 4.68. The van der Waals surface area contributed by atoms with Gasteiger partial charge in [-0.15, -0.1) is 0 Å². The molecule has 0 atom stereocenters. The number of hydrogen-bond acceptors (Lipinski definition) is 6. The van der Waals surface area contributed by atoms with Crippen LogP contribution in [-0.2, 0) is 9.84 Å². The Kier molecular flexibility index (Phi) is 4.21. The number of sulfone groups is 1. The summed E-state index contributed by atoms with van der Waals surface area (Å²) in [4.78, 5) is 20.9. The molecule has 9 heteroatoms. The van der Waals surface area contributed by atoms with Crippen LogP contribution in [0.5, 0.6) is 0 Å². The number of carbonyl (C=O) groups excluding carboxylic acids is 1. The van der Waals surface area contributed by atoms with E-state index >= 15 is 0 Å². The van der Waals surface area contributed by atoms with Gasteiger partial charge in [0.2, 0.25) is 0 Å². The maximum absolute atomic E-state index is 11.4. The maximum atomic E-state index is 11.4. The van der Waals surface area contributed by atoms with Crippen molar-refractivity contribution in [2.75, 3.05) is 12.8 Å². The van der Waals surface area contributed by atoms with Crippen LogP contribution in [0.4, 0.5) is 5.88 Å². The normalized spacial score (nSPS) is 11.6. The lowest BCUT2D eigenvalue weighted by Gasteiger charge is -1.97. The topological polar surface area (TPSA) is 120 Å². The summed E-state index contributed by atoms with van der Waals surface area (Å²) in [6, 6.07) is 2.22. The zero-order valence-electron chi connectivity index (χ0n) is 9.32. The molecule has 0 aliphatic carbocycles. The van der Waals surface area contributed by atoms with E-state index in [2.05, 4.69) is 9.73 Å². The fourth-order valence-corrected chi connectivity index (χ4v) is 1.46. The number of nitro groups is 1. The fourth-order valence-electron chi connectivity index (χ4n) is 1.01. The third-order valence-corrected chi connectivity index (χ3v) is 2.41. The molecule has 8 nitrogen and oxygen atoms in total. The van der Waals surface area contributed by atoms with E-state index in [1.165, 1.54) is 6.08 Å². The molecule has 18 heavy (non-hydrogen) atoms. The number of nitrogens with one attached hydrogen (secondary N) is 1. The molecule has 1 amide bonds. The summed E-state index contributed by atoms with van der Waals surface area (Å²) in [5, 5.41) is 13.6. The van der Waals surface area contributed by atoms with Gasteiger partial charge in [0.25, 0.3) is 5.91 Å². The maximum Gasteiger partial charge on any atom is 0.433 e. The van der Waals surface area contributed by atoms with Crippen molar-refractivity contribution in [3.05, 3.63) is 39.5 Å². The Labute approximate surface area is 102 Å². The average Bonchev–Trinajstić information content (AvgIpc) is 2.72. The van der Waals surface area contributed by atoms with Crippen LogP contribution >= 0.6 is 0 Å². The zero-order chi connectivity index (χ0) is 13.8. The van der Waals surface area contributed by atoms with Crippen molar-refractivity contribution in [3.63, 3.8) is 0 Å². The van der Waals surface area contributed by atoms with Gasteiger partial charge in [0.1, 0.15) is 4.92 Å². The second kappa shape index (κ2) is 5.45. The molecule has 0 saturated carbocycles. The van der Waals surface area contributed by atoms with Crippen LogP contribution in [0.2, 0.25) is 0 Å². The predicted molar refractivity (Wildman–Crippen MR) is 61.7 cm³/mol. The smallest absolute Gasteiger partial charge is 0.395 e. The van der Waals surface area contributed by atoms with Gasteiger partial charge in [-0.05, 0) is 6.07 Å². The molecule has 1 heterocycles. The Morgan fingerprint density at radius 3 is 2.72 bits per heavy atom. The summed E-state index contributed by atoms with van der Waals surface area (Å²) in [5.41, 5.74) is 0. The molecule has 98 valence electrons. The zero-order valence-corrected chi connectivity index (χ0v) is 10.1. The number of carbonyl (C=O) groups is 1. The fraction of sp³-hybridized carbons (Fsp3) is 0.222. The summed E-state index contributed by atoms with van der Waals surface area (Å²) in [6.45, 7) is -0.0274. The molecule has 0 aliphatic rings. The SMILES string of the molecule is CS(=O)(=O)/C=C/CNC(=O)c1ccc([N+](=O)[O-])o1. The standard InChI is InChI=1S/C9H10N2O6S/c1-18(15,16)6-2-5-10-9(12)7-3-4-8(17-7)11(13)14/h2-4,6H,5H2,1H3,(H,10,12)/b6-2+. The van der Waals surface area contributed by atoms with Crippen molar-refractivity contribution in [1.29, 1.82) is 0 Å². The highest BCUT2D eigenvalue weighted by atomic mass is 32.2. The lowest BCUT2D eigenvalue weighted by atomic mass is 10.4. The van der Waals surface area contributed by atoms with Crippen LogP contribution in [0.15, 0.2) is 28.0 Å². The van der Waals surface area contributed by atoms with Crippen molar-refractivity contribution in [1.82, 2.24) is 5.32 Å². The van der Waals surface area contributed by atoms with E-state index in [9.17, 15) is 23.3 Å². The summed E-state index contributed by atoms with van der Waals surface area (Å²) in [5.74, 6) is -1.41. The van der Waals surface area contributed by atoms with Gasteiger partial charge in [-0.25, -0.2) is 8.42 Å². The van der Waals surface area contributed by atoms with Crippen molar-refractivity contribution in [3.8, 4) is 0 Å². The van der Waals surface area contributed by atoms with Crippen molar-refractivity contribution in [2.24, 2.45) is 0 Å². The minimum atomic E-state index is -3.24. The van der Waals surface area contributed by atoms with Crippen LogP contribution in [0.3, 0.4) is 0 Å². The van der Waals surface area contributed by atoms with Gasteiger partial charge in [-0.1, -0.05) is 6.08 Å². The Morgan fingerprint density at radius 2 is 2.22 bits per heavy atom. The van der Waals surface area contributed by atoms with Gasteiger partial charge >= 0.3 is 5.88 Å². The molecule has 1 aromatic rings. The molecular weight excluding hydrogens is 264 g/mol. The summed E-state index contributed by atoms with van der Waals surface area (Å²) >= 11 is 0. The van der Waals surface area contributed by atoms with E-state index in [1.807, 2.05) is 0 Å². The third kappa shape index (κ3) is 4.37. The summed E-state index contributed by atoms with van der Waals surface area (Å²) in [7, 11) is -3.24. The summed E-state index contributed by atoms with van der Waals surface area (Å²) < 4.78 is 26.1. The van der Waals surface area contributed by atoms with E-state index in [-0.39, 0.29) is 12.3 Å². The molecule has 1 rings (SSSR count). The highest BCUT2D eigenvalue weighted by molar-refractivity contribution is 7.93. The van der Waals surface area contributed by atoms with Crippen LogP contribution in [-0.4, -0.2) is 32.0 Å². The average molecular weight is 274 g/mol. The first-order chi connectivity index (χ1) is 8.29. The molecule has 0 unspecified atom stereocenters. The van der Waals surface area contributed by atoms with Crippen molar-refractivity contribution >= 4 is 21.6 Å². The van der Waals surface area contributed by atoms with E-state index in [0.717, 1.165) is 23.8 Å². The molecule has 0 fully saturated rings. The molecule has 1 aromatic heterocycles. The van der Waals surface area contributed by atoms with Gasteiger partial charge in [0, 0.05) is 18.2 Å². The first kappa shape index (κ1) is 13.9. The van der Waals surface area contributed by atoms with E-state index in [1.54, 1.807) is 0 Å². The van der Waals surface area contributed by atoms with Gasteiger partial charge < -0.3 is 9.73 Å². The number of nitrogens with zero attached hydrogens (tertiary/aromatic N) is 1. The lowest BCUT2D eigenvalue weighted by Crippen LogP contribution is -2.22. The predicted octanol–water partition coefficient (Wildman–Crippen LogP) is 0.476. The monoisotopic (exact) mass is 274 g/mol. The van der Waals surface area contributed by atoms with Crippen molar-refractivity contribution in [2.45, 2.75) is 0 Å². The molecule has 0 spiro atoms. The van der Waals surface area contributed by atoms with Gasteiger partial charge in [0.15, 0.2) is 15.6 Å². The lowest BCUT2D eigenvalue weighted by molar-refractivity contribution is -0.402. The van der Waals surface area contributed by atoms with E-state index in [4.69, 9.17) is 0 Å². The second-order valence-electron chi connectivity index (χ2n) is 3.31. The number of amides is 1. The van der Waals surface area contributed by atoms with Crippen LogP contribution in [0.25, 0.3) is 0 Å². The highest BCUT2D eigenvalue weighted by Crippen LogP contribution is 2.15. The van der Waals surface area contributed by atoms with E-state index in [0.29, 0.717) is 0 Å². The van der Waals surface area contributed by atoms with Crippen LogP contribution in [0.1, 0.15) is 10.6 Å². The minimum absolute atomic E-state index is 0.0274. The van der Waals surface area contributed by atoms with Crippen LogP contribution in [0, 0.1) is 10.1 Å². The number of rotatable bonds is 5. The Bertz CT molecular complexity index is 586. The molecule has 0 radical (unpaired) electrons. The molecule has 0 saturated heterocycles. The quantitative estimate of drug-likeness (QED) is 0.615. The largest absolute Gasteiger partial charge is 0.433 e. The highest BCUT2D eigenvalue weighted by Gasteiger charge is 2.16. The Balaban J connectivity index is 2.55. The Morgan fingerprint density at radius 1 is 1.56 bits per heavy atom. The van der Waals surface area contributed by atoms with Gasteiger partial charge in [-0.3, -0.25) is 14.9 Å². The molecular formula is C9H10N2O6S. The second-order valence-corrected chi connectivity index (χ2v) is 5.24. The third-order valence-electron chi connectivity index (χ3n) is 1.72. The Hall–Kier alpha value is -2.16.